The van der Waals surface area contributed by atoms with Gasteiger partial charge in [-0.1, -0.05) is 12.1 Å². The van der Waals surface area contributed by atoms with E-state index >= 15 is 0 Å². The number of carbonyl (C=O) groups excluding carboxylic acids is 1. The molecule has 3 heterocycles. The number of rotatable bonds is 3. The smallest absolute Gasteiger partial charge is 0.333 e. The molecule has 2 N–H and O–H groups in total. The molecule has 1 atom stereocenters. The maximum atomic E-state index is 13.3. The molecule has 0 radical (unpaired) electrons. The molecule has 0 saturated carbocycles. The molecule has 0 spiro atoms. The average Bonchev–Trinajstić information content (AvgIpc) is 2.96. The normalized spacial score (nSPS) is 13.0. The summed E-state index contributed by atoms with van der Waals surface area (Å²) in [6.45, 7) is 0. The van der Waals surface area contributed by atoms with Gasteiger partial charge in [0.05, 0.1) is 6.20 Å². The van der Waals surface area contributed by atoms with Gasteiger partial charge >= 0.3 is 6.18 Å². The Labute approximate surface area is 128 Å². The number of pyridine rings is 2. The standard InChI is InChI=1S/C15H11F3N4O/c16-15(17,18)13(10-4-3-6-19-8-10)21-14(23)12-11-5-1-2-7-22(11)9-20-12/h1-9,13H,(H,21,23)/p+1. The fraction of sp³-hybridized carbons (Fsp3) is 0.133. The molecule has 1 unspecified atom stereocenters. The van der Waals surface area contributed by atoms with Crippen molar-refractivity contribution in [2.75, 3.05) is 0 Å². The molecule has 3 rings (SSSR count). The van der Waals surface area contributed by atoms with E-state index in [0.717, 1.165) is 6.20 Å². The topological polar surface area (TPSA) is 61.9 Å². The van der Waals surface area contributed by atoms with Crippen molar-refractivity contribution in [3.8, 4) is 0 Å². The number of halogens is 3. The second-order valence-electron chi connectivity index (χ2n) is 4.88. The molecule has 8 heteroatoms. The summed E-state index contributed by atoms with van der Waals surface area (Å²) in [6.07, 6.45) is 1.00. The number of carbonyl (C=O) groups is 1. The number of aromatic nitrogens is 3. The first kappa shape index (κ1) is 15.0. The summed E-state index contributed by atoms with van der Waals surface area (Å²) in [5.74, 6) is -0.843. The van der Waals surface area contributed by atoms with Crippen molar-refractivity contribution >= 4 is 11.4 Å². The van der Waals surface area contributed by atoms with Crippen molar-refractivity contribution < 1.29 is 22.4 Å². The van der Waals surface area contributed by atoms with Crippen molar-refractivity contribution in [3.63, 3.8) is 0 Å². The monoisotopic (exact) mass is 321 g/mol. The van der Waals surface area contributed by atoms with Gasteiger partial charge in [-0.2, -0.15) is 13.2 Å². The van der Waals surface area contributed by atoms with Crippen LogP contribution in [0.3, 0.4) is 0 Å². The van der Waals surface area contributed by atoms with E-state index in [1.165, 1.54) is 24.7 Å². The van der Waals surface area contributed by atoms with Crippen molar-refractivity contribution in [3.05, 3.63) is 66.5 Å². The van der Waals surface area contributed by atoms with Crippen LogP contribution in [-0.2, 0) is 0 Å². The van der Waals surface area contributed by atoms with Crippen LogP contribution in [0.15, 0.2) is 55.2 Å². The first-order chi connectivity index (χ1) is 11.0. The molecular formula is C15H12F3N4O+. The first-order valence-electron chi connectivity index (χ1n) is 6.71. The van der Waals surface area contributed by atoms with Crippen LogP contribution >= 0.6 is 0 Å². The number of imidazole rings is 1. The molecule has 1 amide bonds. The number of hydrogen-bond donors (Lipinski definition) is 2. The summed E-state index contributed by atoms with van der Waals surface area (Å²) in [5.41, 5.74) is 0.415. The zero-order chi connectivity index (χ0) is 16.4. The van der Waals surface area contributed by atoms with Crippen molar-refractivity contribution in [1.29, 1.82) is 0 Å². The molecule has 0 aliphatic rings. The Hall–Kier alpha value is -2.90. The Morgan fingerprint density at radius 3 is 2.78 bits per heavy atom. The Bertz CT molecular complexity index is 829. The van der Waals surface area contributed by atoms with Crippen LogP contribution in [0, 0.1) is 0 Å². The van der Waals surface area contributed by atoms with E-state index in [4.69, 9.17) is 0 Å². The van der Waals surface area contributed by atoms with Crippen molar-refractivity contribution in [2.45, 2.75) is 12.2 Å². The number of fused-ring (bicyclic) bond motifs is 1. The van der Waals surface area contributed by atoms with Gasteiger partial charge in [0.2, 0.25) is 12.0 Å². The Morgan fingerprint density at radius 1 is 1.26 bits per heavy atom. The predicted molar refractivity (Wildman–Crippen MR) is 74.5 cm³/mol. The highest BCUT2D eigenvalue weighted by Gasteiger charge is 2.42. The molecule has 0 aliphatic heterocycles. The quantitative estimate of drug-likeness (QED) is 0.726. The maximum Gasteiger partial charge on any atom is 0.412 e. The molecule has 118 valence electrons. The maximum absolute atomic E-state index is 13.3. The lowest BCUT2D eigenvalue weighted by Gasteiger charge is -2.20. The van der Waals surface area contributed by atoms with Crippen LogP contribution in [0.1, 0.15) is 22.1 Å². The number of nitrogens with one attached hydrogen (secondary N) is 2. The second kappa shape index (κ2) is 5.71. The first-order valence-corrected chi connectivity index (χ1v) is 6.71. The Morgan fingerprint density at radius 2 is 2.09 bits per heavy atom. The van der Waals surface area contributed by atoms with E-state index in [2.05, 4.69) is 9.97 Å². The molecule has 0 bridgehead atoms. The third-order valence-corrected chi connectivity index (χ3v) is 3.34. The molecule has 0 aliphatic carbocycles. The van der Waals surface area contributed by atoms with Gasteiger partial charge in [-0.15, -0.1) is 0 Å². The summed E-state index contributed by atoms with van der Waals surface area (Å²) in [4.78, 5) is 18.6. The minimum Gasteiger partial charge on any atom is -0.333 e. The molecule has 3 aromatic rings. The molecule has 23 heavy (non-hydrogen) atoms. The van der Waals surface area contributed by atoms with Gasteiger partial charge in [0.25, 0.3) is 5.91 Å². The van der Waals surface area contributed by atoms with Gasteiger partial charge in [0, 0.05) is 18.0 Å². The van der Waals surface area contributed by atoms with Crippen LogP contribution in [0.2, 0.25) is 0 Å². The highest BCUT2D eigenvalue weighted by molar-refractivity contribution is 5.98. The molecule has 3 aromatic heterocycles. The molecule has 5 nitrogen and oxygen atoms in total. The van der Waals surface area contributed by atoms with Gasteiger partial charge in [0.15, 0.2) is 11.6 Å². The summed E-state index contributed by atoms with van der Waals surface area (Å²) in [5, 5.41) is 2.02. The fourth-order valence-electron chi connectivity index (χ4n) is 2.27. The van der Waals surface area contributed by atoms with E-state index in [0.29, 0.717) is 5.52 Å². The number of nitrogens with zero attached hydrogens (tertiary/aromatic N) is 2. The van der Waals surface area contributed by atoms with Gasteiger partial charge in [0.1, 0.15) is 0 Å². The predicted octanol–water partition coefficient (Wildman–Crippen LogP) is 2.18. The van der Waals surface area contributed by atoms with Gasteiger partial charge in [-0.3, -0.25) is 9.78 Å². The van der Waals surface area contributed by atoms with Gasteiger partial charge in [-0.25, -0.2) is 9.38 Å². The summed E-state index contributed by atoms with van der Waals surface area (Å²) in [6, 6.07) is 5.61. The third-order valence-electron chi connectivity index (χ3n) is 3.34. The summed E-state index contributed by atoms with van der Waals surface area (Å²) < 4.78 is 41.4. The van der Waals surface area contributed by atoms with E-state index < -0.39 is 18.1 Å². The molecule has 0 fully saturated rings. The second-order valence-corrected chi connectivity index (χ2v) is 4.88. The van der Waals surface area contributed by atoms with E-state index in [9.17, 15) is 18.0 Å². The third kappa shape index (κ3) is 3.01. The Kier molecular flexibility index (Phi) is 3.73. The summed E-state index contributed by atoms with van der Waals surface area (Å²) >= 11 is 0. The highest BCUT2D eigenvalue weighted by atomic mass is 19.4. The van der Waals surface area contributed by atoms with Crippen LogP contribution in [-0.4, -0.2) is 22.1 Å². The summed E-state index contributed by atoms with van der Waals surface area (Å²) in [7, 11) is 0. The lowest BCUT2D eigenvalue weighted by atomic mass is 10.1. The number of hydrogen-bond acceptors (Lipinski definition) is 2. The van der Waals surface area contributed by atoms with Crippen molar-refractivity contribution in [1.82, 2.24) is 15.3 Å². The lowest BCUT2D eigenvalue weighted by Crippen LogP contribution is -2.38. The zero-order valence-corrected chi connectivity index (χ0v) is 11.7. The number of alkyl halides is 3. The molecular weight excluding hydrogens is 309 g/mol. The van der Waals surface area contributed by atoms with Crippen LogP contribution < -0.4 is 9.72 Å². The minimum atomic E-state index is -4.63. The minimum absolute atomic E-state index is 0.0590. The van der Waals surface area contributed by atoms with Crippen LogP contribution in [0.4, 0.5) is 13.2 Å². The number of H-pyrrole nitrogens is 1. The highest BCUT2D eigenvalue weighted by Crippen LogP contribution is 2.32. The van der Waals surface area contributed by atoms with E-state index in [-0.39, 0.29) is 11.3 Å². The fourth-order valence-corrected chi connectivity index (χ4v) is 2.27. The molecule has 0 aromatic carbocycles. The number of aromatic amines is 1. The van der Waals surface area contributed by atoms with Gasteiger partial charge < -0.3 is 5.32 Å². The zero-order valence-electron chi connectivity index (χ0n) is 11.7. The molecule has 0 saturated heterocycles. The average molecular weight is 321 g/mol. The van der Waals surface area contributed by atoms with Gasteiger partial charge in [-0.05, 0) is 18.2 Å². The van der Waals surface area contributed by atoms with Crippen LogP contribution in [0.25, 0.3) is 5.52 Å². The SMILES string of the molecule is O=C(NC(c1cccnc1)C(F)(F)F)c1[nH]c[n+]2ccccc12. The van der Waals surface area contributed by atoms with Crippen molar-refractivity contribution in [2.24, 2.45) is 0 Å². The van der Waals surface area contributed by atoms with E-state index in [1.54, 1.807) is 28.8 Å². The number of amides is 1. The van der Waals surface area contributed by atoms with E-state index in [1.807, 2.05) is 5.32 Å². The largest absolute Gasteiger partial charge is 0.412 e. The lowest BCUT2D eigenvalue weighted by molar-refractivity contribution is -0.511. The Balaban J connectivity index is 1.93. The van der Waals surface area contributed by atoms with Crippen LogP contribution in [0.5, 0.6) is 0 Å².